The Kier molecular flexibility index (Phi) is 5.57. The largest absolute Gasteiger partial charge is 0.466 e. The molecule has 0 radical (unpaired) electrons. The number of methoxy groups -OCH3 is 1. The molecule has 1 heterocycles. The molecule has 0 amide bonds. The van der Waals surface area contributed by atoms with Crippen molar-refractivity contribution in [3.8, 4) is 0 Å². The number of hydrogen-bond donors (Lipinski definition) is 1. The Hall–Kier alpha value is -2.83. The standard InChI is InChI=1S/C17H15F3N2O2/c1-24-16(23)8-7-12-4-3-9-21-15(12)11-22-14-6-2-5-13(10-14)17(18,19)20/h2-10,22H,11H2,1H3. The van der Waals surface area contributed by atoms with Crippen molar-refractivity contribution in [1.82, 2.24) is 4.98 Å². The second kappa shape index (κ2) is 7.63. The minimum absolute atomic E-state index is 0.211. The Balaban J connectivity index is 2.13. The van der Waals surface area contributed by atoms with Crippen LogP contribution in [-0.4, -0.2) is 18.1 Å². The summed E-state index contributed by atoms with van der Waals surface area (Å²) < 4.78 is 42.7. The van der Waals surface area contributed by atoms with Crippen LogP contribution in [0.25, 0.3) is 6.08 Å². The third-order valence-corrected chi connectivity index (χ3v) is 3.18. The first-order valence-corrected chi connectivity index (χ1v) is 7.01. The molecule has 2 aromatic rings. The van der Waals surface area contributed by atoms with Gasteiger partial charge < -0.3 is 10.1 Å². The molecule has 0 fully saturated rings. The van der Waals surface area contributed by atoms with E-state index in [0.717, 1.165) is 12.1 Å². The highest BCUT2D eigenvalue weighted by molar-refractivity contribution is 5.87. The molecule has 4 nitrogen and oxygen atoms in total. The Labute approximate surface area is 137 Å². The van der Waals surface area contributed by atoms with E-state index in [1.807, 2.05) is 0 Å². The zero-order chi connectivity index (χ0) is 17.6. The molecule has 126 valence electrons. The molecule has 0 saturated heterocycles. The summed E-state index contributed by atoms with van der Waals surface area (Å²) >= 11 is 0. The SMILES string of the molecule is COC(=O)C=Cc1cccnc1CNc1cccc(C(F)(F)F)c1. The molecule has 0 unspecified atom stereocenters. The molecule has 0 saturated carbocycles. The third kappa shape index (κ3) is 4.84. The summed E-state index contributed by atoms with van der Waals surface area (Å²) in [6.07, 6.45) is -0.0253. The van der Waals surface area contributed by atoms with Gasteiger partial charge in [0.2, 0.25) is 0 Å². The van der Waals surface area contributed by atoms with E-state index in [4.69, 9.17) is 0 Å². The molecule has 0 atom stereocenters. The van der Waals surface area contributed by atoms with Crippen LogP contribution in [-0.2, 0) is 22.3 Å². The number of pyridine rings is 1. The molecule has 24 heavy (non-hydrogen) atoms. The maximum Gasteiger partial charge on any atom is 0.416 e. The topological polar surface area (TPSA) is 51.2 Å². The number of anilines is 1. The van der Waals surface area contributed by atoms with Gasteiger partial charge >= 0.3 is 12.1 Å². The summed E-state index contributed by atoms with van der Waals surface area (Å²) in [5.41, 5.74) is 0.871. The van der Waals surface area contributed by atoms with Crippen LogP contribution in [0.3, 0.4) is 0 Å². The van der Waals surface area contributed by atoms with Crippen LogP contribution in [0.15, 0.2) is 48.7 Å². The quantitative estimate of drug-likeness (QED) is 0.665. The first kappa shape index (κ1) is 17.5. The predicted molar refractivity (Wildman–Crippen MR) is 84.1 cm³/mol. The van der Waals surface area contributed by atoms with Crippen molar-refractivity contribution in [3.05, 3.63) is 65.5 Å². The molecule has 0 aliphatic heterocycles. The molecular formula is C17H15F3N2O2. The number of nitrogens with one attached hydrogen (secondary N) is 1. The molecule has 1 N–H and O–H groups in total. The van der Waals surface area contributed by atoms with E-state index in [1.54, 1.807) is 30.5 Å². The number of benzene rings is 1. The van der Waals surface area contributed by atoms with E-state index in [1.165, 1.54) is 19.3 Å². The maximum absolute atomic E-state index is 12.7. The third-order valence-electron chi connectivity index (χ3n) is 3.18. The van der Waals surface area contributed by atoms with Gasteiger partial charge in [0.05, 0.1) is 24.9 Å². The highest BCUT2D eigenvalue weighted by atomic mass is 19.4. The number of rotatable bonds is 5. The van der Waals surface area contributed by atoms with Gasteiger partial charge in [0.1, 0.15) is 0 Å². The lowest BCUT2D eigenvalue weighted by molar-refractivity contribution is -0.137. The van der Waals surface area contributed by atoms with Crippen molar-refractivity contribution in [1.29, 1.82) is 0 Å². The van der Waals surface area contributed by atoms with E-state index < -0.39 is 17.7 Å². The van der Waals surface area contributed by atoms with Gasteiger partial charge in [-0.15, -0.1) is 0 Å². The normalized spacial score (nSPS) is 11.5. The van der Waals surface area contributed by atoms with Gasteiger partial charge in [0.15, 0.2) is 0 Å². The molecule has 0 spiro atoms. The van der Waals surface area contributed by atoms with Gasteiger partial charge in [-0.05, 0) is 35.9 Å². The zero-order valence-corrected chi connectivity index (χ0v) is 12.8. The van der Waals surface area contributed by atoms with Gasteiger partial charge in [-0.2, -0.15) is 13.2 Å². The molecule has 2 rings (SSSR count). The zero-order valence-electron chi connectivity index (χ0n) is 12.8. The second-order valence-corrected chi connectivity index (χ2v) is 4.83. The number of alkyl halides is 3. The predicted octanol–water partition coefficient (Wildman–Crippen LogP) is 3.90. The number of ether oxygens (including phenoxy) is 1. The average molecular weight is 336 g/mol. The summed E-state index contributed by atoms with van der Waals surface area (Å²) in [5, 5.41) is 2.90. The monoisotopic (exact) mass is 336 g/mol. The average Bonchev–Trinajstić information content (AvgIpc) is 2.58. The number of hydrogen-bond acceptors (Lipinski definition) is 4. The summed E-state index contributed by atoms with van der Waals surface area (Å²) in [5.74, 6) is -0.504. The van der Waals surface area contributed by atoms with Crippen LogP contribution in [0.1, 0.15) is 16.8 Å². The van der Waals surface area contributed by atoms with Crippen molar-refractivity contribution in [2.45, 2.75) is 12.7 Å². The van der Waals surface area contributed by atoms with Crippen molar-refractivity contribution in [2.75, 3.05) is 12.4 Å². The van der Waals surface area contributed by atoms with Gasteiger partial charge in [0.25, 0.3) is 0 Å². The Morgan fingerprint density at radius 1 is 1.29 bits per heavy atom. The number of esters is 1. The Morgan fingerprint density at radius 3 is 2.79 bits per heavy atom. The van der Waals surface area contributed by atoms with Crippen LogP contribution in [0.4, 0.5) is 18.9 Å². The smallest absolute Gasteiger partial charge is 0.416 e. The van der Waals surface area contributed by atoms with Crippen molar-refractivity contribution in [2.24, 2.45) is 0 Å². The van der Waals surface area contributed by atoms with Crippen LogP contribution in [0.5, 0.6) is 0 Å². The van der Waals surface area contributed by atoms with Crippen molar-refractivity contribution < 1.29 is 22.7 Å². The fourth-order valence-corrected chi connectivity index (χ4v) is 1.97. The summed E-state index contributed by atoms with van der Waals surface area (Å²) in [4.78, 5) is 15.3. The summed E-state index contributed by atoms with van der Waals surface area (Å²) in [6.45, 7) is 0.211. The van der Waals surface area contributed by atoms with Crippen LogP contribution in [0.2, 0.25) is 0 Å². The molecular weight excluding hydrogens is 321 g/mol. The minimum Gasteiger partial charge on any atom is -0.466 e. The highest BCUT2D eigenvalue weighted by Gasteiger charge is 2.30. The lowest BCUT2D eigenvalue weighted by Crippen LogP contribution is -2.07. The minimum atomic E-state index is -4.39. The van der Waals surface area contributed by atoms with E-state index in [0.29, 0.717) is 16.9 Å². The molecule has 0 aliphatic carbocycles. The fourth-order valence-electron chi connectivity index (χ4n) is 1.97. The number of aromatic nitrogens is 1. The first-order valence-electron chi connectivity index (χ1n) is 7.01. The Bertz CT molecular complexity index is 743. The molecule has 0 bridgehead atoms. The first-order chi connectivity index (χ1) is 11.4. The lowest BCUT2D eigenvalue weighted by Gasteiger charge is -2.11. The Morgan fingerprint density at radius 2 is 2.08 bits per heavy atom. The van der Waals surface area contributed by atoms with Crippen LogP contribution in [0, 0.1) is 0 Å². The summed E-state index contributed by atoms with van der Waals surface area (Å²) in [6, 6.07) is 8.37. The van der Waals surface area contributed by atoms with Gasteiger partial charge in [0, 0.05) is 18.0 Å². The molecule has 1 aromatic carbocycles. The number of carbonyl (C=O) groups is 1. The molecule has 7 heteroatoms. The van der Waals surface area contributed by atoms with E-state index in [-0.39, 0.29) is 6.54 Å². The number of nitrogens with zero attached hydrogens (tertiary/aromatic N) is 1. The van der Waals surface area contributed by atoms with E-state index in [9.17, 15) is 18.0 Å². The van der Waals surface area contributed by atoms with Gasteiger partial charge in [-0.25, -0.2) is 4.79 Å². The lowest BCUT2D eigenvalue weighted by atomic mass is 10.1. The van der Waals surface area contributed by atoms with E-state index >= 15 is 0 Å². The van der Waals surface area contributed by atoms with Crippen LogP contribution < -0.4 is 5.32 Å². The van der Waals surface area contributed by atoms with Crippen molar-refractivity contribution >= 4 is 17.7 Å². The van der Waals surface area contributed by atoms with Gasteiger partial charge in [-0.3, -0.25) is 4.98 Å². The summed E-state index contributed by atoms with van der Waals surface area (Å²) in [7, 11) is 1.27. The van der Waals surface area contributed by atoms with Crippen molar-refractivity contribution in [3.63, 3.8) is 0 Å². The van der Waals surface area contributed by atoms with Gasteiger partial charge in [-0.1, -0.05) is 12.1 Å². The molecule has 0 aliphatic rings. The number of carbonyl (C=O) groups excluding carboxylic acids is 1. The fraction of sp³-hybridized carbons (Fsp3) is 0.176. The highest BCUT2D eigenvalue weighted by Crippen LogP contribution is 2.30. The molecule has 1 aromatic heterocycles. The van der Waals surface area contributed by atoms with E-state index in [2.05, 4.69) is 15.0 Å². The second-order valence-electron chi connectivity index (χ2n) is 4.83. The number of halogens is 3. The maximum atomic E-state index is 12.7. The van der Waals surface area contributed by atoms with Crippen LogP contribution >= 0.6 is 0 Å².